The molecule has 2 aliphatic heterocycles. The van der Waals surface area contributed by atoms with E-state index in [1.807, 2.05) is 17.0 Å². The average molecular weight is 473 g/mol. The van der Waals surface area contributed by atoms with E-state index in [0.29, 0.717) is 24.7 Å². The molecule has 1 aromatic carbocycles. The molecule has 2 fully saturated rings. The molecule has 2 saturated heterocycles. The molecule has 7 nitrogen and oxygen atoms in total. The summed E-state index contributed by atoms with van der Waals surface area (Å²) in [5, 5.41) is 4.09. The van der Waals surface area contributed by atoms with Crippen molar-refractivity contribution in [2.75, 3.05) is 39.5 Å². The molecule has 32 heavy (non-hydrogen) atoms. The molecular weight excluding hydrogens is 448 g/mol. The summed E-state index contributed by atoms with van der Waals surface area (Å²) in [5.41, 5.74) is 5.11. The number of nitrogens with one attached hydrogen (secondary N) is 1. The van der Waals surface area contributed by atoms with Crippen LogP contribution in [0, 0.1) is 6.92 Å². The molecule has 168 valence electrons. The lowest BCUT2D eigenvalue weighted by Crippen LogP contribution is -2.40. The van der Waals surface area contributed by atoms with Gasteiger partial charge in [0, 0.05) is 41.5 Å². The Kier molecular flexibility index (Phi) is 6.39. The first-order chi connectivity index (χ1) is 15.6. The Labute approximate surface area is 195 Å². The molecule has 4 heterocycles. The lowest BCUT2D eigenvalue weighted by atomic mass is 9.94. The fourth-order valence-corrected chi connectivity index (χ4v) is 5.71. The Bertz CT molecular complexity index is 1150. The molecule has 2 aliphatic rings. The van der Waals surface area contributed by atoms with Crippen LogP contribution in [0.3, 0.4) is 0 Å². The lowest BCUT2D eigenvalue weighted by Gasteiger charge is -2.26. The van der Waals surface area contributed by atoms with Crippen molar-refractivity contribution in [3.05, 3.63) is 45.6 Å². The van der Waals surface area contributed by atoms with Crippen LogP contribution >= 0.6 is 22.9 Å². The first-order valence-electron chi connectivity index (χ1n) is 10.8. The summed E-state index contributed by atoms with van der Waals surface area (Å²) in [6.45, 7) is 6.42. The maximum absolute atomic E-state index is 12.2. The first-order valence-corrected chi connectivity index (χ1v) is 12.0. The van der Waals surface area contributed by atoms with Crippen LogP contribution in [0.2, 0.25) is 5.02 Å². The SMILES string of the molecule is Cc1cc(Cl)cc(-c2ncnc3cc(CN4CCOCC4=O)sc23)c1CC1CNCCO1. The second kappa shape index (κ2) is 9.41. The number of hydrogen-bond donors (Lipinski definition) is 1. The minimum atomic E-state index is 0.0221. The number of halogens is 1. The van der Waals surface area contributed by atoms with Crippen LogP contribution in [-0.4, -0.2) is 66.3 Å². The van der Waals surface area contributed by atoms with Crippen LogP contribution in [0.4, 0.5) is 0 Å². The smallest absolute Gasteiger partial charge is 0.248 e. The summed E-state index contributed by atoms with van der Waals surface area (Å²) in [4.78, 5) is 24.2. The largest absolute Gasteiger partial charge is 0.375 e. The Balaban J connectivity index is 1.52. The fraction of sp³-hybridized carbons (Fsp3) is 0.435. The molecule has 0 saturated carbocycles. The topological polar surface area (TPSA) is 76.6 Å². The van der Waals surface area contributed by atoms with Gasteiger partial charge in [-0.05, 0) is 36.2 Å². The zero-order chi connectivity index (χ0) is 22.1. The van der Waals surface area contributed by atoms with Crippen molar-refractivity contribution in [2.45, 2.75) is 26.0 Å². The molecule has 1 unspecified atom stereocenters. The van der Waals surface area contributed by atoms with E-state index in [2.05, 4.69) is 28.3 Å². The minimum Gasteiger partial charge on any atom is -0.375 e. The predicted molar refractivity (Wildman–Crippen MR) is 125 cm³/mol. The third-order valence-electron chi connectivity index (χ3n) is 5.92. The summed E-state index contributed by atoms with van der Waals surface area (Å²) in [5.74, 6) is 0.0221. The first kappa shape index (κ1) is 21.7. The van der Waals surface area contributed by atoms with E-state index in [-0.39, 0.29) is 18.6 Å². The van der Waals surface area contributed by atoms with Gasteiger partial charge in [-0.15, -0.1) is 11.3 Å². The molecular formula is C23H25ClN4O3S. The summed E-state index contributed by atoms with van der Waals surface area (Å²) >= 11 is 8.11. The Hall–Kier alpha value is -2.10. The van der Waals surface area contributed by atoms with Crippen LogP contribution in [0.15, 0.2) is 24.5 Å². The number of fused-ring (bicyclic) bond motifs is 1. The van der Waals surface area contributed by atoms with Crippen LogP contribution in [0.5, 0.6) is 0 Å². The molecule has 0 bridgehead atoms. The standard InChI is InChI=1S/C23H25ClN4O3S/c1-14-6-15(24)7-19(18(14)8-16-10-25-2-4-31-16)22-23-20(26-13-27-22)9-17(32-23)11-28-3-5-30-12-21(28)29/h6-7,9,13,16,25H,2-5,8,10-12H2,1H3. The van der Waals surface area contributed by atoms with Crippen molar-refractivity contribution in [3.63, 3.8) is 0 Å². The van der Waals surface area contributed by atoms with E-state index in [1.165, 1.54) is 5.56 Å². The molecule has 1 amide bonds. The van der Waals surface area contributed by atoms with E-state index in [9.17, 15) is 4.79 Å². The number of nitrogens with zero attached hydrogens (tertiary/aromatic N) is 3. The van der Waals surface area contributed by atoms with Gasteiger partial charge in [-0.1, -0.05) is 11.6 Å². The average Bonchev–Trinajstić information content (AvgIpc) is 3.20. The fourth-order valence-electron chi connectivity index (χ4n) is 4.31. The van der Waals surface area contributed by atoms with Crippen LogP contribution in [-0.2, 0) is 27.2 Å². The van der Waals surface area contributed by atoms with E-state index >= 15 is 0 Å². The normalized spacial score (nSPS) is 19.6. The summed E-state index contributed by atoms with van der Waals surface area (Å²) < 4.78 is 12.2. The number of amides is 1. The van der Waals surface area contributed by atoms with E-state index in [0.717, 1.165) is 58.0 Å². The van der Waals surface area contributed by atoms with Crippen molar-refractivity contribution in [2.24, 2.45) is 0 Å². The molecule has 1 atom stereocenters. The summed E-state index contributed by atoms with van der Waals surface area (Å²) in [7, 11) is 0. The van der Waals surface area contributed by atoms with Gasteiger partial charge in [0.25, 0.3) is 0 Å². The Morgan fingerprint density at radius 2 is 2.19 bits per heavy atom. The van der Waals surface area contributed by atoms with Crippen LogP contribution < -0.4 is 5.32 Å². The molecule has 1 N–H and O–H groups in total. The number of carbonyl (C=O) groups is 1. The number of rotatable bonds is 5. The molecule has 5 rings (SSSR count). The van der Waals surface area contributed by atoms with Crippen molar-refractivity contribution in [3.8, 4) is 11.3 Å². The van der Waals surface area contributed by atoms with E-state index in [1.54, 1.807) is 17.7 Å². The van der Waals surface area contributed by atoms with Gasteiger partial charge in [-0.2, -0.15) is 0 Å². The van der Waals surface area contributed by atoms with Crippen molar-refractivity contribution >= 4 is 39.1 Å². The third kappa shape index (κ3) is 4.51. The predicted octanol–water partition coefficient (Wildman–Crippen LogP) is 3.21. The van der Waals surface area contributed by atoms with Crippen LogP contribution in [0.1, 0.15) is 16.0 Å². The zero-order valence-corrected chi connectivity index (χ0v) is 19.5. The molecule has 3 aromatic rings. The van der Waals surface area contributed by atoms with Gasteiger partial charge in [0.2, 0.25) is 5.91 Å². The highest BCUT2D eigenvalue weighted by Gasteiger charge is 2.23. The Morgan fingerprint density at radius 1 is 1.28 bits per heavy atom. The molecule has 0 aliphatic carbocycles. The minimum absolute atomic E-state index is 0.0221. The molecule has 2 aromatic heterocycles. The number of thiophene rings is 1. The summed E-state index contributed by atoms with van der Waals surface area (Å²) in [6.07, 6.45) is 2.51. The second-order valence-corrected chi connectivity index (χ2v) is 9.74. The second-order valence-electron chi connectivity index (χ2n) is 8.17. The number of ether oxygens (including phenoxy) is 2. The maximum atomic E-state index is 12.2. The van der Waals surface area contributed by atoms with Gasteiger partial charge in [0.1, 0.15) is 12.9 Å². The van der Waals surface area contributed by atoms with E-state index < -0.39 is 0 Å². The van der Waals surface area contributed by atoms with Gasteiger partial charge in [0.15, 0.2) is 0 Å². The lowest BCUT2D eigenvalue weighted by molar-refractivity contribution is -0.143. The quantitative estimate of drug-likeness (QED) is 0.614. The highest BCUT2D eigenvalue weighted by Crippen LogP contribution is 2.37. The highest BCUT2D eigenvalue weighted by molar-refractivity contribution is 7.19. The molecule has 0 radical (unpaired) electrons. The number of benzene rings is 1. The van der Waals surface area contributed by atoms with Gasteiger partial charge >= 0.3 is 0 Å². The van der Waals surface area contributed by atoms with Gasteiger partial charge < -0.3 is 19.7 Å². The monoisotopic (exact) mass is 472 g/mol. The Morgan fingerprint density at radius 3 is 3.00 bits per heavy atom. The number of carbonyl (C=O) groups excluding carboxylic acids is 1. The van der Waals surface area contributed by atoms with Gasteiger partial charge in [-0.25, -0.2) is 9.97 Å². The maximum Gasteiger partial charge on any atom is 0.248 e. The molecule has 0 spiro atoms. The highest BCUT2D eigenvalue weighted by atomic mass is 35.5. The number of aromatic nitrogens is 2. The van der Waals surface area contributed by atoms with Crippen LogP contribution in [0.25, 0.3) is 21.5 Å². The molecule has 9 heteroatoms. The van der Waals surface area contributed by atoms with Crippen molar-refractivity contribution < 1.29 is 14.3 Å². The number of morpholine rings is 2. The number of aryl methyl sites for hydroxylation is 1. The van der Waals surface area contributed by atoms with Gasteiger partial charge in [0.05, 0.1) is 41.8 Å². The van der Waals surface area contributed by atoms with Crippen molar-refractivity contribution in [1.29, 1.82) is 0 Å². The zero-order valence-electron chi connectivity index (χ0n) is 17.9. The van der Waals surface area contributed by atoms with Crippen molar-refractivity contribution in [1.82, 2.24) is 20.2 Å². The van der Waals surface area contributed by atoms with E-state index in [4.69, 9.17) is 21.1 Å². The van der Waals surface area contributed by atoms with Gasteiger partial charge in [-0.3, -0.25) is 4.79 Å². The third-order valence-corrected chi connectivity index (χ3v) is 7.26. The number of hydrogen-bond acceptors (Lipinski definition) is 7. The summed E-state index contributed by atoms with van der Waals surface area (Å²) in [6, 6.07) is 6.05.